The summed E-state index contributed by atoms with van der Waals surface area (Å²) >= 11 is 0. The maximum atomic E-state index is 13.0. The van der Waals surface area contributed by atoms with Crippen molar-refractivity contribution < 1.29 is 19.0 Å². The number of fused-ring (bicyclic) bond motifs is 1. The zero-order valence-electron chi connectivity index (χ0n) is 20.9. The van der Waals surface area contributed by atoms with Gasteiger partial charge in [0.2, 0.25) is 0 Å². The summed E-state index contributed by atoms with van der Waals surface area (Å²) in [6.45, 7) is 7.28. The number of piperazine rings is 1. The van der Waals surface area contributed by atoms with Crippen LogP contribution in [0, 0.1) is 11.3 Å². The third kappa shape index (κ3) is 5.50. The number of aromatic nitrogens is 2. The highest BCUT2D eigenvalue weighted by atomic mass is 16.6. The minimum absolute atomic E-state index is 0.241. The molecule has 9 heteroatoms. The van der Waals surface area contributed by atoms with E-state index >= 15 is 0 Å². The maximum absolute atomic E-state index is 13.0. The molecule has 9 nitrogen and oxygen atoms in total. The van der Waals surface area contributed by atoms with E-state index < -0.39 is 18.0 Å². The van der Waals surface area contributed by atoms with Gasteiger partial charge in [-0.2, -0.15) is 5.26 Å². The summed E-state index contributed by atoms with van der Waals surface area (Å²) in [5, 5.41) is 9.97. The van der Waals surface area contributed by atoms with Gasteiger partial charge >= 0.3 is 5.97 Å². The Hall–Kier alpha value is -3.90. The largest absolute Gasteiger partial charge is 0.492 e. The summed E-state index contributed by atoms with van der Waals surface area (Å²) in [6.07, 6.45) is -0.482. The fourth-order valence-corrected chi connectivity index (χ4v) is 4.35. The van der Waals surface area contributed by atoms with Crippen LogP contribution in [0.1, 0.15) is 25.5 Å². The summed E-state index contributed by atoms with van der Waals surface area (Å²) < 4.78 is 16.3. The molecule has 1 fully saturated rings. The molecule has 2 atom stereocenters. The van der Waals surface area contributed by atoms with Gasteiger partial charge in [0.1, 0.15) is 17.5 Å². The van der Waals surface area contributed by atoms with E-state index in [1.165, 1.54) is 7.11 Å². The van der Waals surface area contributed by atoms with Gasteiger partial charge < -0.3 is 24.0 Å². The lowest BCUT2D eigenvalue weighted by atomic mass is 10.1. The molecule has 188 valence electrons. The summed E-state index contributed by atoms with van der Waals surface area (Å²) in [5.41, 5.74) is 2.69. The first-order valence-corrected chi connectivity index (χ1v) is 12.1. The molecule has 0 aliphatic carbocycles. The lowest BCUT2D eigenvalue weighted by Gasteiger charge is -2.38. The average Bonchev–Trinajstić information content (AvgIpc) is 2.89. The van der Waals surface area contributed by atoms with Crippen LogP contribution in [0.25, 0.3) is 11.0 Å². The number of hydrogen-bond donors (Lipinski definition) is 0. The first-order chi connectivity index (χ1) is 17.5. The Kier molecular flexibility index (Phi) is 8.18. The SMILES string of the molecule is CCOc1ccccc1N1CCN(c2nc3ccccc3nc2[C@@H](C#N)C(=O)O[C@@H](C)COC)CC1. The quantitative estimate of drug-likeness (QED) is 0.418. The van der Waals surface area contributed by atoms with Crippen LogP contribution in [0.2, 0.25) is 0 Å². The highest BCUT2D eigenvalue weighted by Crippen LogP contribution is 2.32. The van der Waals surface area contributed by atoms with Crippen LogP contribution in [0.3, 0.4) is 0 Å². The van der Waals surface area contributed by atoms with Crippen molar-refractivity contribution >= 4 is 28.5 Å². The second kappa shape index (κ2) is 11.7. The maximum Gasteiger partial charge on any atom is 0.330 e. The Morgan fingerprint density at radius 1 is 1.03 bits per heavy atom. The van der Waals surface area contributed by atoms with Gasteiger partial charge in [0.25, 0.3) is 0 Å². The minimum Gasteiger partial charge on any atom is -0.492 e. The van der Waals surface area contributed by atoms with Gasteiger partial charge in [-0.1, -0.05) is 24.3 Å². The number of methoxy groups -OCH3 is 1. The van der Waals surface area contributed by atoms with Crippen molar-refractivity contribution in [3.63, 3.8) is 0 Å². The second-order valence-electron chi connectivity index (χ2n) is 8.56. The third-order valence-corrected chi connectivity index (χ3v) is 6.02. The Morgan fingerprint density at radius 3 is 2.33 bits per heavy atom. The number of carbonyl (C=O) groups is 1. The number of benzene rings is 2. The topological polar surface area (TPSA) is 101 Å². The van der Waals surface area contributed by atoms with E-state index in [1.807, 2.05) is 49.4 Å². The van der Waals surface area contributed by atoms with Gasteiger partial charge in [-0.05, 0) is 38.1 Å². The van der Waals surface area contributed by atoms with E-state index in [9.17, 15) is 10.1 Å². The van der Waals surface area contributed by atoms with Crippen molar-refractivity contribution in [3.05, 3.63) is 54.2 Å². The minimum atomic E-state index is -1.20. The Labute approximate surface area is 211 Å². The molecule has 1 aromatic heterocycles. The number of esters is 1. The first kappa shape index (κ1) is 25.2. The van der Waals surface area contributed by atoms with Gasteiger partial charge in [0, 0.05) is 33.3 Å². The molecule has 4 rings (SSSR count). The van der Waals surface area contributed by atoms with Crippen molar-refractivity contribution in [1.29, 1.82) is 5.26 Å². The zero-order chi connectivity index (χ0) is 25.5. The summed E-state index contributed by atoms with van der Waals surface area (Å²) in [4.78, 5) is 26.9. The molecular formula is C27H31N5O4. The van der Waals surface area contributed by atoms with E-state index in [0.29, 0.717) is 42.2 Å². The molecule has 0 radical (unpaired) electrons. The number of nitrogens with zero attached hydrogens (tertiary/aromatic N) is 5. The molecule has 0 saturated carbocycles. The van der Waals surface area contributed by atoms with Gasteiger partial charge in [-0.15, -0.1) is 0 Å². The molecule has 2 aromatic carbocycles. The monoisotopic (exact) mass is 489 g/mol. The van der Waals surface area contributed by atoms with E-state index in [0.717, 1.165) is 24.5 Å². The number of para-hydroxylation sites is 4. The number of rotatable bonds is 9. The molecule has 1 saturated heterocycles. The van der Waals surface area contributed by atoms with Crippen molar-refractivity contribution in [2.45, 2.75) is 25.9 Å². The highest BCUT2D eigenvalue weighted by Gasteiger charge is 2.32. The van der Waals surface area contributed by atoms with E-state index in [-0.39, 0.29) is 6.61 Å². The van der Waals surface area contributed by atoms with Crippen LogP contribution in [0.15, 0.2) is 48.5 Å². The zero-order valence-corrected chi connectivity index (χ0v) is 20.9. The Balaban J connectivity index is 1.62. The van der Waals surface area contributed by atoms with Gasteiger partial charge in [0.05, 0.1) is 36.0 Å². The fraction of sp³-hybridized carbons (Fsp3) is 0.407. The number of carbonyl (C=O) groups excluding carboxylic acids is 1. The smallest absolute Gasteiger partial charge is 0.330 e. The van der Waals surface area contributed by atoms with Crippen LogP contribution in [-0.4, -0.2) is 68.5 Å². The molecule has 1 aliphatic rings. The fourth-order valence-electron chi connectivity index (χ4n) is 4.35. The van der Waals surface area contributed by atoms with Crippen molar-refractivity contribution in [2.24, 2.45) is 0 Å². The molecule has 0 bridgehead atoms. The Bertz CT molecular complexity index is 1240. The highest BCUT2D eigenvalue weighted by molar-refractivity contribution is 5.85. The summed E-state index contributed by atoms with van der Waals surface area (Å²) in [5.74, 6) is -0.461. The predicted molar refractivity (Wildman–Crippen MR) is 137 cm³/mol. The van der Waals surface area contributed by atoms with Crippen LogP contribution in [0.4, 0.5) is 11.5 Å². The number of nitriles is 1. The predicted octanol–water partition coefficient (Wildman–Crippen LogP) is 3.54. The van der Waals surface area contributed by atoms with Gasteiger partial charge in [-0.25, -0.2) is 9.97 Å². The van der Waals surface area contributed by atoms with E-state index in [4.69, 9.17) is 24.2 Å². The van der Waals surface area contributed by atoms with Crippen molar-refractivity contribution in [3.8, 4) is 11.8 Å². The second-order valence-corrected chi connectivity index (χ2v) is 8.56. The number of anilines is 2. The third-order valence-electron chi connectivity index (χ3n) is 6.02. The lowest BCUT2D eigenvalue weighted by Crippen LogP contribution is -2.47. The molecule has 3 aromatic rings. The van der Waals surface area contributed by atoms with Crippen LogP contribution in [-0.2, 0) is 14.3 Å². The van der Waals surface area contributed by atoms with E-state index in [2.05, 4.69) is 21.9 Å². The molecule has 0 amide bonds. The summed E-state index contributed by atoms with van der Waals surface area (Å²) in [7, 11) is 1.53. The van der Waals surface area contributed by atoms with Gasteiger partial charge in [-0.3, -0.25) is 4.79 Å². The van der Waals surface area contributed by atoms with E-state index in [1.54, 1.807) is 6.92 Å². The van der Waals surface area contributed by atoms with Crippen molar-refractivity contribution in [1.82, 2.24) is 9.97 Å². The van der Waals surface area contributed by atoms with Crippen LogP contribution >= 0.6 is 0 Å². The molecule has 0 unspecified atom stereocenters. The Morgan fingerprint density at radius 2 is 1.67 bits per heavy atom. The van der Waals surface area contributed by atoms with Gasteiger partial charge in [0.15, 0.2) is 11.7 Å². The summed E-state index contributed by atoms with van der Waals surface area (Å²) in [6, 6.07) is 17.6. The number of hydrogen-bond acceptors (Lipinski definition) is 9. The number of ether oxygens (including phenoxy) is 3. The molecular weight excluding hydrogens is 458 g/mol. The lowest BCUT2D eigenvalue weighted by molar-refractivity contribution is -0.150. The normalized spacial score (nSPS) is 15.3. The standard InChI is InChI=1S/C27H31N5O4/c1-4-35-24-12-8-7-11-23(24)31-13-15-32(16-14-31)26-25(29-21-9-5-6-10-22(21)30-26)20(17-28)27(33)36-19(2)18-34-3/h5-12,19-20H,4,13-16,18H2,1-3H3/t19-,20+/m0/s1. The molecule has 2 heterocycles. The molecule has 36 heavy (non-hydrogen) atoms. The molecule has 1 aliphatic heterocycles. The van der Waals surface area contributed by atoms with Crippen LogP contribution < -0.4 is 14.5 Å². The van der Waals surface area contributed by atoms with Crippen LogP contribution in [0.5, 0.6) is 5.75 Å². The first-order valence-electron chi connectivity index (χ1n) is 12.1. The molecule has 0 N–H and O–H groups in total. The van der Waals surface area contributed by atoms with Crippen molar-refractivity contribution in [2.75, 3.05) is 56.3 Å². The molecule has 0 spiro atoms. The average molecular weight is 490 g/mol.